The number of carbonyl (C=O) groups excluding carboxylic acids is 1. The number of amides is 1. The lowest BCUT2D eigenvalue weighted by atomic mass is 10.2. The van der Waals surface area contributed by atoms with Gasteiger partial charge in [-0.05, 0) is 47.5 Å². The highest BCUT2D eigenvalue weighted by molar-refractivity contribution is 9.10. The van der Waals surface area contributed by atoms with Gasteiger partial charge < -0.3 is 10.2 Å². The number of hydrogen-bond acceptors (Lipinski definition) is 3. The second-order valence-corrected chi connectivity index (χ2v) is 7.33. The van der Waals surface area contributed by atoms with E-state index in [1.54, 1.807) is 11.3 Å². The lowest BCUT2D eigenvalue weighted by molar-refractivity contribution is -0.117. The molecular formula is C16H17BrN2OS. The predicted octanol–water partition coefficient (Wildman–Crippen LogP) is 4.56. The van der Waals surface area contributed by atoms with Gasteiger partial charge in [0, 0.05) is 33.7 Å². The minimum Gasteiger partial charge on any atom is -0.378 e. The number of carbonyl (C=O) groups is 1. The number of benzene rings is 1. The van der Waals surface area contributed by atoms with E-state index < -0.39 is 0 Å². The van der Waals surface area contributed by atoms with Gasteiger partial charge in [0.25, 0.3) is 0 Å². The second kappa shape index (κ2) is 6.20. The summed E-state index contributed by atoms with van der Waals surface area (Å²) >= 11 is 5.33. The molecule has 1 aliphatic heterocycles. The first-order chi connectivity index (χ1) is 10.1. The number of para-hydroxylation sites is 2. The molecule has 1 aromatic heterocycles. The summed E-state index contributed by atoms with van der Waals surface area (Å²) in [5.41, 5.74) is 2.02. The Bertz CT molecular complexity index is 649. The molecule has 2 aromatic rings. The molecule has 5 heteroatoms. The monoisotopic (exact) mass is 364 g/mol. The van der Waals surface area contributed by atoms with Crippen LogP contribution in [-0.4, -0.2) is 12.5 Å². The average Bonchev–Trinajstić information content (AvgIpc) is 3.03. The van der Waals surface area contributed by atoms with Crippen LogP contribution in [0.1, 0.15) is 22.6 Å². The van der Waals surface area contributed by atoms with Gasteiger partial charge >= 0.3 is 0 Å². The Labute approximate surface area is 137 Å². The van der Waals surface area contributed by atoms with Crippen molar-refractivity contribution in [3.05, 3.63) is 44.6 Å². The fourth-order valence-electron chi connectivity index (χ4n) is 2.55. The van der Waals surface area contributed by atoms with Crippen LogP contribution in [0.15, 0.2) is 34.8 Å². The normalized spacial score (nSPS) is 14.8. The van der Waals surface area contributed by atoms with Crippen LogP contribution in [0.3, 0.4) is 0 Å². The summed E-state index contributed by atoms with van der Waals surface area (Å²) < 4.78 is 1.16. The number of hydrogen-bond donors (Lipinski definition) is 1. The van der Waals surface area contributed by atoms with Gasteiger partial charge in [-0.25, -0.2) is 0 Å². The third kappa shape index (κ3) is 3.14. The van der Waals surface area contributed by atoms with Crippen molar-refractivity contribution in [2.24, 2.45) is 0 Å². The predicted molar refractivity (Wildman–Crippen MR) is 92.1 cm³/mol. The number of nitrogens with one attached hydrogen (secondary N) is 1. The molecule has 1 N–H and O–H groups in total. The van der Waals surface area contributed by atoms with Crippen LogP contribution >= 0.6 is 27.3 Å². The molecule has 1 amide bonds. The summed E-state index contributed by atoms with van der Waals surface area (Å²) in [6.45, 7) is 3.70. The van der Waals surface area contributed by atoms with E-state index in [4.69, 9.17) is 0 Å². The number of anilines is 2. The van der Waals surface area contributed by atoms with Crippen molar-refractivity contribution >= 4 is 44.5 Å². The fraction of sp³-hybridized carbons (Fsp3) is 0.312. The molecule has 0 spiro atoms. The van der Waals surface area contributed by atoms with Crippen molar-refractivity contribution in [1.82, 2.24) is 0 Å². The highest BCUT2D eigenvalue weighted by atomic mass is 79.9. The largest absolute Gasteiger partial charge is 0.378 e. The Hall–Kier alpha value is -1.33. The molecule has 1 saturated heterocycles. The molecule has 3 nitrogen and oxygen atoms in total. The number of nitrogens with zero attached hydrogens (tertiary/aromatic N) is 1. The minimum absolute atomic E-state index is 0.221. The second-order valence-electron chi connectivity index (χ2n) is 5.14. The lowest BCUT2D eigenvalue weighted by Gasteiger charge is -2.20. The van der Waals surface area contributed by atoms with E-state index in [1.807, 2.05) is 29.2 Å². The third-order valence-corrected chi connectivity index (χ3v) is 5.77. The zero-order valence-electron chi connectivity index (χ0n) is 11.9. The Morgan fingerprint density at radius 3 is 2.86 bits per heavy atom. The van der Waals surface area contributed by atoms with Crippen LogP contribution in [0.4, 0.5) is 11.4 Å². The molecule has 3 rings (SSSR count). The molecule has 1 aliphatic rings. The minimum atomic E-state index is 0.221. The molecule has 21 heavy (non-hydrogen) atoms. The fourth-order valence-corrected chi connectivity index (χ4v) is 4.09. The van der Waals surface area contributed by atoms with Crippen LogP contribution in [0.25, 0.3) is 0 Å². The topological polar surface area (TPSA) is 32.3 Å². The first kappa shape index (κ1) is 14.6. The summed E-state index contributed by atoms with van der Waals surface area (Å²) in [7, 11) is 0. The molecule has 0 unspecified atom stereocenters. The van der Waals surface area contributed by atoms with Crippen LogP contribution in [0.2, 0.25) is 0 Å². The zero-order valence-corrected chi connectivity index (χ0v) is 14.3. The molecule has 2 heterocycles. The SMILES string of the molecule is Cc1sc(CNc2ccccc2N2CCCC2=O)cc1Br. The van der Waals surface area contributed by atoms with Gasteiger partial charge in [0.15, 0.2) is 0 Å². The van der Waals surface area contributed by atoms with E-state index in [9.17, 15) is 4.79 Å². The number of rotatable bonds is 4. The molecule has 0 atom stereocenters. The van der Waals surface area contributed by atoms with Crippen molar-refractivity contribution < 1.29 is 4.79 Å². The summed E-state index contributed by atoms with van der Waals surface area (Å²) in [4.78, 5) is 16.4. The molecule has 0 bridgehead atoms. The maximum atomic E-state index is 11.9. The zero-order chi connectivity index (χ0) is 14.8. The standard InChI is InChI=1S/C16H17BrN2OS/c1-11-13(17)9-12(21-11)10-18-14-5-2-3-6-15(14)19-8-4-7-16(19)20/h2-3,5-6,9,18H,4,7-8,10H2,1H3. The van der Waals surface area contributed by atoms with Crippen LogP contribution in [-0.2, 0) is 11.3 Å². The number of thiophene rings is 1. The van der Waals surface area contributed by atoms with Crippen LogP contribution in [0.5, 0.6) is 0 Å². The molecule has 1 aromatic carbocycles. The van der Waals surface area contributed by atoms with Crippen LogP contribution < -0.4 is 10.2 Å². The smallest absolute Gasteiger partial charge is 0.227 e. The Morgan fingerprint density at radius 1 is 1.38 bits per heavy atom. The first-order valence-electron chi connectivity index (χ1n) is 7.03. The molecule has 0 aliphatic carbocycles. The maximum Gasteiger partial charge on any atom is 0.227 e. The van der Waals surface area contributed by atoms with Gasteiger partial charge in [-0.2, -0.15) is 0 Å². The van der Waals surface area contributed by atoms with Gasteiger partial charge in [-0.3, -0.25) is 4.79 Å². The summed E-state index contributed by atoms with van der Waals surface area (Å²) in [6.07, 6.45) is 1.61. The van der Waals surface area contributed by atoms with E-state index in [1.165, 1.54) is 9.75 Å². The van der Waals surface area contributed by atoms with E-state index in [-0.39, 0.29) is 5.91 Å². The highest BCUT2D eigenvalue weighted by Crippen LogP contribution is 2.31. The van der Waals surface area contributed by atoms with E-state index in [0.717, 1.165) is 35.4 Å². The Balaban J connectivity index is 1.77. The van der Waals surface area contributed by atoms with Gasteiger partial charge in [-0.1, -0.05) is 12.1 Å². The molecule has 110 valence electrons. The Kier molecular flexibility index (Phi) is 4.31. The van der Waals surface area contributed by atoms with E-state index in [0.29, 0.717) is 6.42 Å². The van der Waals surface area contributed by atoms with Crippen molar-refractivity contribution in [2.45, 2.75) is 26.3 Å². The summed E-state index contributed by atoms with van der Waals surface area (Å²) in [5, 5.41) is 3.46. The van der Waals surface area contributed by atoms with Gasteiger partial charge in [0.05, 0.1) is 11.4 Å². The van der Waals surface area contributed by atoms with E-state index >= 15 is 0 Å². The molecule has 0 saturated carbocycles. The third-order valence-electron chi connectivity index (χ3n) is 3.63. The van der Waals surface area contributed by atoms with Crippen molar-refractivity contribution in [3.63, 3.8) is 0 Å². The molecule has 1 fully saturated rings. The number of aryl methyl sites for hydroxylation is 1. The first-order valence-corrected chi connectivity index (χ1v) is 8.64. The van der Waals surface area contributed by atoms with Gasteiger partial charge in [0.1, 0.15) is 0 Å². The quantitative estimate of drug-likeness (QED) is 0.862. The summed E-state index contributed by atoms with van der Waals surface area (Å²) in [6, 6.07) is 10.2. The molecule has 0 radical (unpaired) electrons. The Morgan fingerprint density at radius 2 is 2.19 bits per heavy atom. The van der Waals surface area contributed by atoms with E-state index in [2.05, 4.69) is 34.2 Å². The highest BCUT2D eigenvalue weighted by Gasteiger charge is 2.23. The number of halogens is 1. The van der Waals surface area contributed by atoms with Crippen molar-refractivity contribution in [2.75, 3.05) is 16.8 Å². The van der Waals surface area contributed by atoms with Crippen molar-refractivity contribution in [3.8, 4) is 0 Å². The lowest BCUT2D eigenvalue weighted by Crippen LogP contribution is -2.24. The average molecular weight is 365 g/mol. The van der Waals surface area contributed by atoms with Gasteiger partial charge in [0.2, 0.25) is 5.91 Å². The van der Waals surface area contributed by atoms with Crippen LogP contribution in [0, 0.1) is 6.92 Å². The maximum absolute atomic E-state index is 11.9. The molecular weight excluding hydrogens is 348 g/mol. The summed E-state index contributed by atoms with van der Waals surface area (Å²) in [5.74, 6) is 0.221. The van der Waals surface area contributed by atoms with Crippen molar-refractivity contribution in [1.29, 1.82) is 0 Å². The van der Waals surface area contributed by atoms with Gasteiger partial charge in [-0.15, -0.1) is 11.3 Å².